The number of nitrogens with zero attached hydrogens (tertiary/aromatic N) is 5. The van der Waals surface area contributed by atoms with E-state index in [0.29, 0.717) is 6.42 Å². The van der Waals surface area contributed by atoms with E-state index in [9.17, 15) is 0 Å². The summed E-state index contributed by atoms with van der Waals surface area (Å²) in [4.78, 5) is 7.93. The molecule has 244 valence electrons. The Bertz CT molecular complexity index is 2750. The Morgan fingerprint density at radius 1 is 0.627 bits per heavy atom. The summed E-state index contributed by atoms with van der Waals surface area (Å²) in [6.07, 6.45) is 15.9. The molecule has 8 aromatic rings. The molecule has 6 heteroatoms. The fraction of sp³-hybridized carbons (Fsp3) is 0.0444. The van der Waals surface area contributed by atoms with Gasteiger partial charge in [0.2, 0.25) is 0 Å². The van der Waals surface area contributed by atoms with Crippen molar-refractivity contribution in [2.45, 2.75) is 12.8 Å². The molecule has 1 aliphatic carbocycles. The first-order valence-electron chi connectivity index (χ1n) is 17.4. The van der Waals surface area contributed by atoms with Gasteiger partial charge in [0.25, 0.3) is 0 Å². The quantitative estimate of drug-likeness (QED) is 0.200. The molecule has 0 radical (unpaired) electrons. The van der Waals surface area contributed by atoms with Gasteiger partial charge < -0.3 is 5.73 Å². The van der Waals surface area contributed by atoms with Crippen LogP contribution in [0.4, 0.5) is 11.6 Å². The van der Waals surface area contributed by atoms with E-state index in [-0.39, 0.29) is 0 Å². The summed E-state index contributed by atoms with van der Waals surface area (Å²) in [5.74, 6) is 3.07. The highest BCUT2D eigenvalue weighted by Crippen LogP contribution is 2.45. The number of fused-ring (bicyclic) bond motifs is 6. The minimum Gasteiger partial charge on any atom is -0.405 e. The monoisotopic (exact) mass is 658 g/mol. The Kier molecular flexibility index (Phi) is 6.67. The molecule has 4 aromatic heterocycles. The second-order valence-corrected chi connectivity index (χ2v) is 13.1. The molecule has 0 spiro atoms. The number of aromatic nitrogens is 4. The first kappa shape index (κ1) is 29.2. The van der Waals surface area contributed by atoms with Crippen molar-refractivity contribution in [3.63, 3.8) is 0 Å². The van der Waals surface area contributed by atoms with Gasteiger partial charge in [0.15, 0.2) is 0 Å². The lowest BCUT2D eigenvalue weighted by molar-refractivity contribution is 0.963. The van der Waals surface area contributed by atoms with Gasteiger partial charge in [0, 0.05) is 39.8 Å². The summed E-state index contributed by atoms with van der Waals surface area (Å²) in [6.45, 7) is 0. The summed E-state index contributed by atoms with van der Waals surface area (Å²) < 4.78 is 7.13. The molecule has 2 aliphatic rings. The zero-order valence-electron chi connectivity index (χ0n) is 27.9. The van der Waals surface area contributed by atoms with Crippen LogP contribution in [0.5, 0.6) is 0 Å². The second-order valence-electron chi connectivity index (χ2n) is 13.1. The van der Waals surface area contributed by atoms with Gasteiger partial charge in [0.05, 0.1) is 27.8 Å². The van der Waals surface area contributed by atoms with E-state index in [1.165, 1.54) is 16.6 Å². The zero-order chi connectivity index (χ0) is 33.9. The molecule has 0 fully saturated rings. The van der Waals surface area contributed by atoms with Crippen molar-refractivity contribution in [2.75, 3.05) is 4.90 Å². The van der Waals surface area contributed by atoms with Crippen LogP contribution >= 0.6 is 0 Å². The highest BCUT2D eigenvalue weighted by Gasteiger charge is 2.32. The fourth-order valence-corrected chi connectivity index (χ4v) is 7.93. The molecular weight excluding hydrogens is 625 g/mol. The van der Waals surface area contributed by atoms with E-state index in [1.54, 1.807) is 6.20 Å². The summed E-state index contributed by atoms with van der Waals surface area (Å²) in [5, 5.41) is 2.28. The maximum Gasteiger partial charge on any atom is 0.142 e. The molecule has 1 aliphatic heterocycles. The van der Waals surface area contributed by atoms with Crippen molar-refractivity contribution in [2.24, 2.45) is 5.73 Å². The lowest BCUT2D eigenvalue weighted by Gasteiger charge is -2.23. The largest absolute Gasteiger partial charge is 0.405 e. The first-order chi connectivity index (χ1) is 25.3. The van der Waals surface area contributed by atoms with Crippen LogP contribution in [0.15, 0.2) is 170 Å². The number of hydrogen-bond donors (Lipinski definition) is 1. The number of anilines is 2. The number of para-hydroxylation sites is 4. The molecular formula is C45H34N6. The van der Waals surface area contributed by atoms with Crippen LogP contribution in [0.3, 0.4) is 0 Å². The van der Waals surface area contributed by atoms with E-state index in [4.69, 9.17) is 10.7 Å². The average molecular weight is 659 g/mol. The van der Waals surface area contributed by atoms with Crippen LogP contribution < -0.4 is 10.6 Å². The van der Waals surface area contributed by atoms with Gasteiger partial charge in [-0.15, -0.1) is 0 Å². The number of rotatable bonds is 5. The lowest BCUT2D eigenvalue weighted by Crippen LogP contribution is -2.16. The molecule has 2 N–H and O–H groups in total. The van der Waals surface area contributed by atoms with Crippen LogP contribution in [0.25, 0.3) is 56.1 Å². The van der Waals surface area contributed by atoms with E-state index >= 15 is 0 Å². The Morgan fingerprint density at radius 2 is 1.35 bits per heavy atom. The maximum atomic E-state index is 5.92. The number of allylic oxidation sites excluding steroid dienone is 6. The molecule has 0 saturated carbocycles. The van der Waals surface area contributed by atoms with Crippen molar-refractivity contribution in [3.05, 3.63) is 186 Å². The first-order valence-corrected chi connectivity index (χ1v) is 17.4. The summed E-state index contributed by atoms with van der Waals surface area (Å²) in [5.41, 5.74) is 17.2. The molecule has 0 unspecified atom stereocenters. The summed E-state index contributed by atoms with van der Waals surface area (Å²) >= 11 is 0. The highest BCUT2D eigenvalue weighted by molar-refractivity contribution is 6.08. The smallest absolute Gasteiger partial charge is 0.142 e. The van der Waals surface area contributed by atoms with Gasteiger partial charge in [-0.05, 0) is 91.0 Å². The van der Waals surface area contributed by atoms with E-state index < -0.39 is 0 Å². The van der Waals surface area contributed by atoms with Crippen LogP contribution in [0.2, 0.25) is 0 Å². The third-order valence-electron chi connectivity index (χ3n) is 10.1. The van der Waals surface area contributed by atoms with Crippen LogP contribution in [0, 0.1) is 0 Å². The Morgan fingerprint density at radius 3 is 2.16 bits per heavy atom. The van der Waals surface area contributed by atoms with Crippen molar-refractivity contribution >= 4 is 50.6 Å². The molecule has 5 heterocycles. The van der Waals surface area contributed by atoms with E-state index in [0.717, 1.165) is 74.0 Å². The Balaban J connectivity index is 1.26. The van der Waals surface area contributed by atoms with Crippen LogP contribution in [0.1, 0.15) is 16.8 Å². The summed E-state index contributed by atoms with van der Waals surface area (Å²) in [7, 11) is 0. The SMILES string of the molecule is N/C=C\C=C1/Cc2cc3c(nc2N1c1cc2ccccc2n1-c1ccccc1)c1ccccc1n3-c1cc2c(n1-c1ccccc1)C=CC=CC2. The Labute approximate surface area is 295 Å². The molecule has 0 saturated heterocycles. The fourth-order valence-electron chi connectivity index (χ4n) is 7.93. The van der Waals surface area contributed by atoms with Gasteiger partial charge >= 0.3 is 0 Å². The molecule has 0 atom stereocenters. The molecule has 51 heavy (non-hydrogen) atoms. The highest BCUT2D eigenvalue weighted by atomic mass is 15.3. The van der Waals surface area contributed by atoms with Crippen LogP contribution in [-0.4, -0.2) is 18.7 Å². The van der Waals surface area contributed by atoms with Gasteiger partial charge in [-0.2, -0.15) is 0 Å². The molecule has 4 aromatic carbocycles. The van der Waals surface area contributed by atoms with Crippen molar-refractivity contribution < 1.29 is 0 Å². The second kappa shape index (κ2) is 11.7. The zero-order valence-corrected chi connectivity index (χ0v) is 27.9. The summed E-state index contributed by atoms with van der Waals surface area (Å²) in [6, 6.07) is 45.4. The third kappa shape index (κ3) is 4.53. The molecule has 0 bridgehead atoms. The van der Waals surface area contributed by atoms with Gasteiger partial charge in [-0.25, -0.2) is 4.98 Å². The Hall–Kier alpha value is -6.79. The number of hydrogen-bond acceptors (Lipinski definition) is 3. The number of pyridine rings is 1. The van der Waals surface area contributed by atoms with E-state index in [2.05, 4.69) is 176 Å². The lowest BCUT2D eigenvalue weighted by atomic mass is 10.1. The van der Waals surface area contributed by atoms with E-state index in [1.807, 2.05) is 6.08 Å². The molecule has 10 rings (SSSR count). The average Bonchev–Trinajstić information content (AvgIpc) is 3.88. The molecule has 6 nitrogen and oxygen atoms in total. The van der Waals surface area contributed by atoms with Gasteiger partial charge in [-0.3, -0.25) is 18.6 Å². The van der Waals surface area contributed by atoms with Crippen molar-refractivity contribution in [1.29, 1.82) is 0 Å². The normalized spacial score (nSPS) is 14.7. The van der Waals surface area contributed by atoms with Gasteiger partial charge in [0.1, 0.15) is 17.5 Å². The van der Waals surface area contributed by atoms with Crippen LogP contribution in [-0.2, 0) is 12.8 Å². The minimum absolute atomic E-state index is 0.712. The predicted molar refractivity (Wildman–Crippen MR) is 210 cm³/mol. The molecule has 0 amide bonds. The van der Waals surface area contributed by atoms with Gasteiger partial charge in [-0.1, -0.05) is 91.0 Å². The number of nitrogens with two attached hydrogens (primary N) is 1. The van der Waals surface area contributed by atoms with Crippen molar-refractivity contribution in [1.82, 2.24) is 18.7 Å². The standard InChI is InChI=1S/C45H34N6/c46-26-14-21-36-27-33-28-41-44(47-45(33)50(36)42-29-32-16-10-12-24-39(32)48(42)34-17-5-2-6-18-34)37-22-11-13-25-40(37)51(41)43-30-31-15-4-1-9-23-38(31)49(43)35-19-7-3-8-20-35/h1-14,16-26,28-30H,15,27,46H2/b26-14-,36-21+. The maximum absolute atomic E-state index is 5.92. The number of benzene rings is 4. The predicted octanol–water partition coefficient (Wildman–Crippen LogP) is 10.1. The van der Waals surface area contributed by atoms with Crippen molar-refractivity contribution in [3.8, 4) is 17.2 Å². The topological polar surface area (TPSA) is 56.9 Å². The third-order valence-corrected chi connectivity index (χ3v) is 10.1. The minimum atomic E-state index is 0.712.